The van der Waals surface area contributed by atoms with Gasteiger partial charge in [-0.05, 0) is 89.9 Å². The van der Waals surface area contributed by atoms with Crippen LogP contribution < -0.4 is 0 Å². The van der Waals surface area contributed by atoms with Crippen LogP contribution in [-0.2, 0) is 28.6 Å². The highest BCUT2D eigenvalue weighted by Crippen LogP contribution is 2.18. The molecule has 81 heavy (non-hydrogen) atoms. The average Bonchev–Trinajstić information content (AvgIpc) is 3.46. The third-order valence-corrected chi connectivity index (χ3v) is 15.7. The summed E-state index contributed by atoms with van der Waals surface area (Å²) >= 11 is 0. The van der Waals surface area contributed by atoms with Gasteiger partial charge in [-0.3, -0.25) is 14.4 Å². The molecule has 470 valence electrons. The molecule has 1 atom stereocenters. The second kappa shape index (κ2) is 69.3. The largest absolute Gasteiger partial charge is 0.462 e. The lowest BCUT2D eigenvalue weighted by atomic mass is 10.0. The lowest BCUT2D eigenvalue weighted by Crippen LogP contribution is -2.30. The summed E-state index contributed by atoms with van der Waals surface area (Å²) in [5, 5.41) is 0. The van der Waals surface area contributed by atoms with Crippen molar-refractivity contribution in [1.29, 1.82) is 0 Å². The Labute approximate surface area is 503 Å². The van der Waals surface area contributed by atoms with Gasteiger partial charge in [-0.1, -0.05) is 331 Å². The molecular weight excluding hydrogens is 997 g/mol. The Morgan fingerprint density at radius 1 is 0.259 bits per heavy atom. The molecule has 0 aromatic heterocycles. The molecule has 6 nitrogen and oxygen atoms in total. The van der Waals surface area contributed by atoms with E-state index in [1.54, 1.807) is 0 Å². The number of esters is 3. The van der Waals surface area contributed by atoms with E-state index in [1.807, 2.05) is 0 Å². The van der Waals surface area contributed by atoms with Crippen molar-refractivity contribution in [3.63, 3.8) is 0 Å². The number of rotatable bonds is 65. The standard InChI is InChI=1S/C75H134O6/c1-4-7-10-13-16-19-22-25-27-29-31-33-34-35-36-37-38-39-40-42-43-45-47-50-53-56-59-62-65-68-74(77)80-71-72(70-79-73(76)67-64-61-58-55-52-49-24-21-18-15-12-9-6-3)81-75(78)69-66-63-60-57-54-51-48-46-44-41-32-30-28-26-23-20-17-14-11-8-5-2/h8,11,17,20-21,24,26,28,32,41,46,48,72H,4-7,9-10,12-16,18-19,22-23,25,27,29-31,33-40,42-45,47,49-71H2,1-3H3/b11-8-,20-17-,24-21-,28-26-,41-32-,48-46-. The van der Waals surface area contributed by atoms with Gasteiger partial charge < -0.3 is 14.2 Å². The van der Waals surface area contributed by atoms with Crippen molar-refractivity contribution in [2.24, 2.45) is 0 Å². The van der Waals surface area contributed by atoms with Gasteiger partial charge in [0, 0.05) is 19.3 Å². The van der Waals surface area contributed by atoms with Crippen molar-refractivity contribution < 1.29 is 28.6 Å². The summed E-state index contributed by atoms with van der Waals surface area (Å²) in [7, 11) is 0. The zero-order valence-electron chi connectivity index (χ0n) is 54.1. The van der Waals surface area contributed by atoms with E-state index in [0.717, 1.165) is 116 Å². The molecule has 0 heterocycles. The second-order valence-corrected chi connectivity index (χ2v) is 23.8. The summed E-state index contributed by atoms with van der Waals surface area (Å²) in [6.45, 7) is 6.54. The minimum absolute atomic E-state index is 0.0829. The fourth-order valence-corrected chi connectivity index (χ4v) is 10.4. The van der Waals surface area contributed by atoms with Gasteiger partial charge in [0.25, 0.3) is 0 Å². The highest BCUT2D eigenvalue weighted by Gasteiger charge is 2.19. The summed E-state index contributed by atoms with van der Waals surface area (Å²) in [6, 6.07) is 0. The fourth-order valence-electron chi connectivity index (χ4n) is 10.4. The maximum absolute atomic E-state index is 12.9. The van der Waals surface area contributed by atoms with Crippen LogP contribution >= 0.6 is 0 Å². The molecule has 0 aliphatic rings. The van der Waals surface area contributed by atoms with Gasteiger partial charge in [0.05, 0.1) is 0 Å². The quantitative estimate of drug-likeness (QED) is 0.0261. The van der Waals surface area contributed by atoms with Gasteiger partial charge in [0.15, 0.2) is 6.10 Å². The maximum atomic E-state index is 12.9. The predicted molar refractivity (Wildman–Crippen MR) is 353 cm³/mol. The van der Waals surface area contributed by atoms with Crippen LogP contribution in [0.3, 0.4) is 0 Å². The van der Waals surface area contributed by atoms with E-state index in [1.165, 1.54) is 212 Å². The first-order valence-corrected chi connectivity index (χ1v) is 35.4. The molecule has 1 unspecified atom stereocenters. The minimum atomic E-state index is -0.790. The van der Waals surface area contributed by atoms with E-state index >= 15 is 0 Å². The third kappa shape index (κ3) is 67.5. The Morgan fingerprint density at radius 3 is 0.778 bits per heavy atom. The molecular formula is C75H134O6. The van der Waals surface area contributed by atoms with Crippen molar-refractivity contribution in [2.45, 2.75) is 374 Å². The Bertz CT molecular complexity index is 1490. The molecule has 0 bridgehead atoms. The van der Waals surface area contributed by atoms with E-state index in [2.05, 4.69) is 93.7 Å². The van der Waals surface area contributed by atoms with Crippen LogP contribution in [-0.4, -0.2) is 37.2 Å². The lowest BCUT2D eigenvalue weighted by molar-refractivity contribution is -0.167. The smallest absolute Gasteiger partial charge is 0.306 e. The normalized spacial score (nSPS) is 12.5. The average molecular weight is 1130 g/mol. The van der Waals surface area contributed by atoms with Crippen LogP contribution in [0, 0.1) is 0 Å². The van der Waals surface area contributed by atoms with Crippen LogP contribution in [0.1, 0.15) is 367 Å². The van der Waals surface area contributed by atoms with E-state index in [4.69, 9.17) is 14.2 Å². The number of ether oxygens (including phenoxy) is 3. The van der Waals surface area contributed by atoms with Crippen LogP contribution in [0.15, 0.2) is 72.9 Å². The molecule has 0 saturated heterocycles. The molecule has 0 fully saturated rings. The van der Waals surface area contributed by atoms with Gasteiger partial charge in [0.2, 0.25) is 0 Å². The number of carbonyl (C=O) groups excluding carboxylic acids is 3. The first kappa shape index (κ1) is 77.9. The van der Waals surface area contributed by atoms with Crippen molar-refractivity contribution >= 4 is 17.9 Å². The van der Waals surface area contributed by atoms with Gasteiger partial charge in [-0.2, -0.15) is 0 Å². The zero-order valence-corrected chi connectivity index (χ0v) is 54.1. The molecule has 0 spiro atoms. The number of allylic oxidation sites excluding steroid dienone is 12. The predicted octanol–water partition coefficient (Wildman–Crippen LogP) is 24.4. The van der Waals surface area contributed by atoms with Gasteiger partial charge >= 0.3 is 17.9 Å². The Kier molecular flexibility index (Phi) is 66.6. The van der Waals surface area contributed by atoms with Crippen molar-refractivity contribution in [3.8, 4) is 0 Å². The van der Waals surface area contributed by atoms with Crippen LogP contribution in [0.4, 0.5) is 0 Å². The van der Waals surface area contributed by atoms with Crippen LogP contribution in [0.2, 0.25) is 0 Å². The van der Waals surface area contributed by atoms with Gasteiger partial charge in [-0.25, -0.2) is 0 Å². The van der Waals surface area contributed by atoms with Gasteiger partial charge in [0.1, 0.15) is 13.2 Å². The van der Waals surface area contributed by atoms with E-state index in [0.29, 0.717) is 19.3 Å². The highest BCUT2D eigenvalue weighted by atomic mass is 16.6. The Hall–Kier alpha value is -3.15. The summed E-state index contributed by atoms with van der Waals surface area (Å²) in [5.74, 6) is -0.892. The van der Waals surface area contributed by atoms with Crippen molar-refractivity contribution in [2.75, 3.05) is 13.2 Å². The highest BCUT2D eigenvalue weighted by molar-refractivity contribution is 5.71. The molecule has 0 aromatic rings. The molecule has 6 heteroatoms. The summed E-state index contributed by atoms with van der Waals surface area (Å²) in [4.78, 5) is 38.4. The van der Waals surface area contributed by atoms with E-state index in [9.17, 15) is 14.4 Å². The monoisotopic (exact) mass is 1130 g/mol. The summed E-state index contributed by atoms with van der Waals surface area (Å²) in [6.07, 6.45) is 90.8. The molecule has 0 amide bonds. The fraction of sp³-hybridized carbons (Fsp3) is 0.800. The van der Waals surface area contributed by atoms with E-state index in [-0.39, 0.29) is 31.1 Å². The molecule has 0 aliphatic carbocycles. The van der Waals surface area contributed by atoms with E-state index < -0.39 is 6.10 Å². The number of hydrogen-bond acceptors (Lipinski definition) is 6. The third-order valence-electron chi connectivity index (χ3n) is 15.7. The van der Waals surface area contributed by atoms with Crippen molar-refractivity contribution in [1.82, 2.24) is 0 Å². The lowest BCUT2D eigenvalue weighted by Gasteiger charge is -2.18. The van der Waals surface area contributed by atoms with Crippen LogP contribution in [0.5, 0.6) is 0 Å². The van der Waals surface area contributed by atoms with Crippen LogP contribution in [0.25, 0.3) is 0 Å². The molecule has 0 aliphatic heterocycles. The Morgan fingerprint density at radius 2 is 0.481 bits per heavy atom. The molecule has 0 rings (SSSR count). The summed E-state index contributed by atoms with van der Waals surface area (Å²) < 4.78 is 17.0. The van der Waals surface area contributed by atoms with Gasteiger partial charge in [-0.15, -0.1) is 0 Å². The second-order valence-electron chi connectivity index (χ2n) is 23.8. The summed E-state index contributed by atoms with van der Waals surface area (Å²) in [5.41, 5.74) is 0. The zero-order chi connectivity index (χ0) is 58.5. The number of hydrogen-bond donors (Lipinski definition) is 0. The Balaban J connectivity index is 4.24. The molecule has 0 aromatic carbocycles. The molecule has 0 radical (unpaired) electrons. The number of carbonyl (C=O) groups is 3. The van der Waals surface area contributed by atoms with Crippen molar-refractivity contribution in [3.05, 3.63) is 72.9 Å². The maximum Gasteiger partial charge on any atom is 0.306 e. The first-order valence-electron chi connectivity index (χ1n) is 35.4. The molecule has 0 saturated carbocycles. The topological polar surface area (TPSA) is 78.9 Å². The number of unbranched alkanes of at least 4 members (excludes halogenated alkanes) is 42. The molecule has 0 N–H and O–H groups in total. The first-order chi connectivity index (χ1) is 40.0. The SMILES string of the molecule is CC/C=C\C/C=C\C/C=C\C/C=C\C/C=C\CCCCCCCC(=O)OC(COC(=O)CCCCCCC/C=C\CCCCCC)COC(=O)CCCCCCCCCCCCCCCCCCCCCCCCCCCCCCC. The minimum Gasteiger partial charge on any atom is -0.462 e.